The van der Waals surface area contributed by atoms with E-state index in [4.69, 9.17) is 5.73 Å². The third-order valence-corrected chi connectivity index (χ3v) is 5.12. The predicted octanol–water partition coefficient (Wildman–Crippen LogP) is 1.32. The van der Waals surface area contributed by atoms with Gasteiger partial charge in [0, 0.05) is 25.7 Å². The minimum atomic E-state index is -0.105. The third-order valence-electron chi connectivity index (χ3n) is 5.12. The molecule has 1 saturated heterocycles. The van der Waals surface area contributed by atoms with E-state index in [0.717, 1.165) is 37.8 Å². The standard InChI is InChI=1S/C19H27N3O2/c20-12-17(15-8-9-15)21-19(24)16-7-4-10-22(13-16)18(23)11-14-5-2-1-3-6-14/h1-3,5-6,15-17H,4,7-13,20H2,(H,21,24). The summed E-state index contributed by atoms with van der Waals surface area (Å²) in [7, 11) is 0. The maximum absolute atomic E-state index is 12.5. The van der Waals surface area contributed by atoms with Crippen molar-refractivity contribution >= 4 is 11.8 Å². The average Bonchev–Trinajstić information content (AvgIpc) is 3.45. The number of likely N-dealkylation sites (tertiary alicyclic amines) is 1. The van der Waals surface area contributed by atoms with Crippen LogP contribution in [0.3, 0.4) is 0 Å². The fraction of sp³-hybridized carbons (Fsp3) is 0.579. The molecular formula is C19H27N3O2. The Morgan fingerprint density at radius 2 is 1.96 bits per heavy atom. The molecule has 0 aromatic heterocycles. The summed E-state index contributed by atoms with van der Waals surface area (Å²) >= 11 is 0. The molecule has 130 valence electrons. The lowest BCUT2D eigenvalue weighted by Gasteiger charge is -2.33. The number of piperidine rings is 1. The average molecular weight is 329 g/mol. The molecule has 0 bridgehead atoms. The molecule has 2 atom stereocenters. The van der Waals surface area contributed by atoms with E-state index in [0.29, 0.717) is 25.4 Å². The number of amides is 2. The van der Waals surface area contributed by atoms with Crippen LogP contribution in [0.4, 0.5) is 0 Å². The first-order chi connectivity index (χ1) is 11.7. The highest BCUT2D eigenvalue weighted by Gasteiger charge is 2.34. The first kappa shape index (κ1) is 17.0. The van der Waals surface area contributed by atoms with Gasteiger partial charge >= 0.3 is 0 Å². The summed E-state index contributed by atoms with van der Waals surface area (Å²) in [6, 6.07) is 9.87. The van der Waals surface area contributed by atoms with E-state index in [2.05, 4.69) is 5.32 Å². The number of carbonyl (C=O) groups is 2. The van der Waals surface area contributed by atoms with E-state index in [9.17, 15) is 9.59 Å². The summed E-state index contributed by atoms with van der Waals surface area (Å²) in [4.78, 5) is 26.9. The molecule has 3 rings (SSSR count). The Morgan fingerprint density at radius 1 is 1.21 bits per heavy atom. The Bertz CT molecular complexity index is 571. The van der Waals surface area contributed by atoms with E-state index in [-0.39, 0.29) is 23.8 Å². The largest absolute Gasteiger partial charge is 0.352 e. The topological polar surface area (TPSA) is 75.4 Å². The van der Waals surface area contributed by atoms with Crippen LogP contribution in [-0.2, 0) is 16.0 Å². The summed E-state index contributed by atoms with van der Waals surface area (Å²) in [5.74, 6) is 0.621. The zero-order valence-corrected chi connectivity index (χ0v) is 14.1. The Balaban J connectivity index is 1.53. The summed E-state index contributed by atoms with van der Waals surface area (Å²) in [6.07, 6.45) is 4.46. The van der Waals surface area contributed by atoms with Gasteiger partial charge in [0.15, 0.2) is 0 Å². The van der Waals surface area contributed by atoms with Gasteiger partial charge < -0.3 is 16.0 Å². The van der Waals surface area contributed by atoms with Crippen molar-refractivity contribution in [2.75, 3.05) is 19.6 Å². The fourth-order valence-corrected chi connectivity index (χ4v) is 3.47. The molecule has 1 saturated carbocycles. The minimum Gasteiger partial charge on any atom is -0.352 e. The van der Waals surface area contributed by atoms with Crippen LogP contribution in [0, 0.1) is 11.8 Å². The lowest BCUT2D eigenvalue weighted by Crippen LogP contribution is -2.50. The van der Waals surface area contributed by atoms with Crippen molar-refractivity contribution in [2.45, 2.75) is 38.1 Å². The summed E-state index contributed by atoms with van der Waals surface area (Å²) in [6.45, 7) is 1.78. The molecule has 5 nitrogen and oxygen atoms in total. The quantitative estimate of drug-likeness (QED) is 0.826. The molecule has 3 N–H and O–H groups in total. The number of carbonyl (C=O) groups excluding carboxylic acids is 2. The zero-order valence-electron chi connectivity index (χ0n) is 14.1. The van der Waals surface area contributed by atoms with E-state index >= 15 is 0 Å². The van der Waals surface area contributed by atoms with E-state index in [1.54, 1.807) is 0 Å². The molecule has 2 amide bonds. The number of hydrogen-bond donors (Lipinski definition) is 2. The minimum absolute atomic E-state index is 0.0644. The molecule has 1 aliphatic heterocycles. The molecule has 2 aliphatic rings. The number of rotatable bonds is 6. The molecule has 2 unspecified atom stereocenters. The zero-order chi connectivity index (χ0) is 16.9. The summed E-state index contributed by atoms with van der Waals surface area (Å²) in [5, 5.41) is 3.11. The van der Waals surface area contributed by atoms with Crippen molar-refractivity contribution in [3.05, 3.63) is 35.9 Å². The van der Waals surface area contributed by atoms with Crippen LogP contribution >= 0.6 is 0 Å². The molecule has 1 aromatic carbocycles. The van der Waals surface area contributed by atoms with Crippen LogP contribution in [-0.4, -0.2) is 42.4 Å². The number of benzene rings is 1. The van der Waals surface area contributed by atoms with Crippen LogP contribution in [0.5, 0.6) is 0 Å². The molecule has 2 fully saturated rings. The van der Waals surface area contributed by atoms with Gasteiger partial charge in [0.2, 0.25) is 11.8 Å². The van der Waals surface area contributed by atoms with Gasteiger partial charge in [0.1, 0.15) is 0 Å². The fourth-order valence-electron chi connectivity index (χ4n) is 3.47. The molecule has 0 radical (unpaired) electrons. The molecule has 1 aliphatic carbocycles. The molecule has 1 aromatic rings. The lowest BCUT2D eigenvalue weighted by molar-refractivity contribution is -0.135. The second-order valence-corrected chi connectivity index (χ2v) is 7.03. The van der Waals surface area contributed by atoms with Gasteiger partial charge in [-0.3, -0.25) is 9.59 Å². The van der Waals surface area contributed by atoms with Gasteiger partial charge in [-0.15, -0.1) is 0 Å². The van der Waals surface area contributed by atoms with Crippen molar-refractivity contribution in [1.29, 1.82) is 0 Å². The molecule has 5 heteroatoms. The van der Waals surface area contributed by atoms with Crippen molar-refractivity contribution in [1.82, 2.24) is 10.2 Å². The van der Waals surface area contributed by atoms with Crippen molar-refractivity contribution in [3.8, 4) is 0 Å². The third kappa shape index (κ3) is 4.35. The number of hydrogen-bond acceptors (Lipinski definition) is 3. The highest BCUT2D eigenvalue weighted by molar-refractivity contribution is 5.82. The lowest BCUT2D eigenvalue weighted by atomic mass is 9.96. The number of nitrogens with zero attached hydrogens (tertiary/aromatic N) is 1. The Morgan fingerprint density at radius 3 is 2.62 bits per heavy atom. The van der Waals surface area contributed by atoms with Crippen LogP contribution < -0.4 is 11.1 Å². The Labute approximate surface area is 143 Å². The molecule has 24 heavy (non-hydrogen) atoms. The number of nitrogens with two attached hydrogens (primary N) is 1. The van der Waals surface area contributed by atoms with Crippen molar-refractivity contribution in [2.24, 2.45) is 17.6 Å². The van der Waals surface area contributed by atoms with Crippen LogP contribution in [0.1, 0.15) is 31.2 Å². The van der Waals surface area contributed by atoms with Gasteiger partial charge in [0.05, 0.1) is 12.3 Å². The maximum Gasteiger partial charge on any atom is 0.227 e. The monoisotopic (exact) mass is 329 g/mol. The normalized spacial score (nSPS) is 22.0. The van der Waals surface area contributed by atoms with Crippen LogP contribution in [0.25, 0.3) is 0 Å². The van der Waals surface area contributed by atoms with Crippen LogP contribution in [0.15, 0.2) is 30.3 Å². The van der Waals surface area contributed by atoms with Crippen LogP contribution in [0.2, 0.25) is 0 Å². The first-order valence-corrected chi connectivity index (χ1v) is 8.99. The highest BCUT2D eigenvalue weighted by Crippen LogP contribution is 2.32. The SMILES string of the molecule is NCC(NC(=O)C1CCCN(C(=O)Cc2ccccc2)C1)C1CC1. The first-order valence-electron chi connectivity index (χ1n) is 8.99. The summed E-state index contributed by atoms with van der Waals surface area (Å²) < 4.78 is 0. The van der Waals surface area contributed by atoms with Gasteiger partial charge in [0.25, 0.3) is 0 Å². The molecule has 1 heterocycles. The Hall–Kier alpha value is -1.88. The van der Waals surface area contributed by atoms with E-state index in [1.807, 2.05) is 35.2 Å². The highest BCUT2D eigenvalue weighted by atomic mass is 16.2. The van der Waals surface area contributed by atoms with Gasteiger partial charge in [-0.05, 0) is 37.2 Å². The van der Waals surface area contributed by atoms with E-state index < -0.39 is 0 Å². The van der Waals surface area contributed by atoms with Crippen molar-refractivity contribution < 1.29 is 9.59 Å². The predicted molar refractivity (Wildman–Crippen MR) is 93.2 cm³/mol. The number of nitrogens with one attached hydrogen (secondary N) is 1. The second kappa shape index (κ2) is 7.79. The Kier molecular flexibility index (Phi) is 5.51. The van der Waals surface area contributed by atoms with E-state index in [1.165, 1.54) is 0 Å². The summed E-state index contributed by atoms with van der Waals surface area (Å²) in [5.41, 5.74) is 6.79. The van der Waals surface area contributed by atoms with Gasteiger partial charge in [-0.1, -0.05) is 30.3 Å². The second-order valence-electron chi connectivity index (χ2n) is 7.03. The van der Waals surface area contributed by atoms with Gasteiger partial charge in [-0.2, -0.15) is 0 Å². The molecular weight excluding hydrogens is 302 g/mol. The maximum atomic E-state index is 12.5. The molecule has 0 spiro atoms. The smallest absolute Gasteiger partial charge is 0.227 e. The van der Waals surface area contributed by atoms with Gasteiger partial charge in [-0.25, -0.2) is 0 Å². The van der Waals surface area contributed by atoms with Crippen molar-refractivity contribution in [3.63, 3.8) is 0 Å².